The second-order valence-corrected chi connectivity index (χ2v) is 9.40. The van der Waals surface area contributed by atoms with Gasteiger partial charge in [-0.05, 0) is 36.1 Å². The molecule has 1 saturated carbocycles. The van der Waals surface area contributed by atoms with Crippen LogP contribution in [0.1, 0.15) is 24.3 Å². The number of anilines is 1. The van der Waals surface area contributed by atoms with E-state index >= 15 is 0 Å². The Morgan fingerprint density at radius 1 is 1.19 bits per heavy atom. The highest BCUT2D eigenvalue weighted by Crippen LogP contribution is 2.35. The molecule has 164 valence electrons. The fraction of sp³-hybridized carbons (Fsp3) is 0.444. The number of benzene rings is 1. The number of halogens is 2. The van der Waals surface area contributed by atoms with Crippen LogP contribution in [0.25, 0.3) is 16.0 Å². The van der Waals surface area contributed by atoms with Gasteiger partial charge in [-0.25, -0.2) is 13.5 Å². The average Bonchev–Trinajstić information content (AvgIpc) is 3.33. The van der Waals surface area contributed by atoms with Crippen molar-refractivity contribution in [3.8, 4) is 5.13 Å². The van der Waals surface area contributed by atoms with Gasteiger partial charge in [0.2, 0.25) is 11.0 Å². The monoisotopic (exact) mass is 467 g/mol. The highest BCUT2D eigenvalue weighted by Gasteiger charge is 2.35. The molecule has 0 bridgehead atoms. The van der Waals surface area contributed by atoms with Crippen LogP contribution < -0.4 is 4.90 Å². The Morgan fingerprint density at radius 3 is 2.55 bits per heavy atom. The number of aromatic nitrogens is 4. The third kappa shape index (κ3) is 3.81. The Balaban J connectivity index is 1.50. The van der Waals surface area contributed by atoms with Crippen molar-refractivity contribution in [3.63, 3.8) is 0 Å². The molecule has 1 aliphatic heterocycles. The van der Waals surface area contributed by atoms with Gasteiger partial charge in [0.25, 0.3) is 6.43 Å². The highest BCUT2D eigenvalue weighted by molar-refractivity contribution is 7.79. The summed E-state index contributed by atoms with van der Waals surface area (Å²) in [6.45, 7) is 2.23. The van der Waals surface area contributed by atoms with Crippen molar-refractivity contribution >= 4 is 44.9 Å². The quantitative estimate of drug-likeness (QED) is 0.529. The first-order valence-corrected chi connectivity index (χ1v) is 11.6. The molecule has 9 nitrogen and oxygen atoms in total. The Hall–Kier alpha value is -2.51. The number of amides is 1. The maximum Gasteiger partial charge on any atom is 0.291 e. The summed E-state index contributed by atoms with van der Waals surface area (Å²) in [6.07, 6.45) is 0.723. The predicted molar refractivity (Wildman–Crippen MR) is 108 cm³/mol. The molecule has 5 rings (SSSR count). The summed E-state index contributed by atoms with van der Waals surface area (Å²) in [7, 11) is 0. The van der Waals surface area contributed by atoms with Crippen molar-refractivity contribution in [2.24, 2.45) is 5.92 Å². The van der Waals surface area contributed by atoms with Crippen molar-refractivity contribution in [1.82, 2.24) is 24.9 Å². The number of rotatable bonds is 5. The van der Waals surface area contributed by atoms with Gasteiger partial charge in [0, 0.05) is 48.1 Å². The lowest BCUT2D eigenvalue weighted by Gasteiger charge is -2.36. The van der Waals surface area contributed by atoms with Gasteiger partial charge in [0.15, 0.2) is 5.01 Å². The van der Waals surface area contributed by atoms with Gasteiger partial charge in [-0.1, -0.05) is 11.3 Å². The maximum atomic E-state index is 12.9. The number of hydrogen-bond donors (Lipinski definition) is 0. The van der Waals surface area contributed by atoms with Crippen LogP contribution in [-0.2, 0) is 15.9 Å². The number of piperazine rings is 1. The van der Waals surface area contributed by atoms with E-state index in [0.717, 1.165) is 12.8 Å². The van der Waals surface area contributed by atoms with E-state index in [9.17, 15) is 22.3 Å². The Labute approximate surface area is 181 Å². The molecule has 0 N–H and O–H groups in total. The lowest BCUT2D eigenvalue weighted by atomic mass is 10.1. The molecule has 0 spiro atoms. The zero-order valence-corrected chi connectivity index (χ0v) is 17.7. The first kappa shape index (κ1) is 20.4. The second-order valence-electron chi connectivity index (χ2n) is 7.48. The van der Waals surface area contributed by atoms with Gasteiger partial charge in [-0.3, -0.25) is 9.00 Å². The Morgan fingerprint density at radius 2 is 1.94 bits per heavy atom. The standard InChI is InChI=1S/C18H18F2N6O3S2/c19-15(20)16-22-23-18(30-16)26-14-8-11(31(28)29)7-13(12(14)9-21-26)24-3-5-25(6-4-24)17(27)10-1-2-10/h7-10,15H,1-6H2,(H,28,29)/p-1. The molecule has 1 unspecified atom stereocenters. The van der Waals surface area contributed by atoms with E-state index in [-0.39, 0.29) is 21.9 Å². The Bertz CT molecular complexity index is 1170. The van der Waals surface area contributed by atoms with Crippen molar-refractivity contribution < 1.29 is 22.3 Å². The molecular weight excluding hydrogens is 450 g/mol. The Kier molecular flexibility index (Phi) is 5.18. The molecule has 1 atom stereocenters. The number of carbonyl (C=O) groups is 1. The van der Waals surface area contributed by atoms with Crippen LogP contribution >= 0.6 is 11.3 Å². The third-order valence-corrected chi connectivity index (χ3v) is 7.02. The average molecular weight is 468 g/mol. The minimum Gasteiger partial charge on any atom is -0.768 e. The summed E-state index contributed by atoms with van der Waals surface area (Å²) in [5.74, 6) is 0.353. The first-order chi connectivity index (χ1) is 14.9. The molecule has 2 aliphatic rings. The number of alkyl halides is 2. The zero-order chi connectivity index (χ0) is 21.7. The van der Waals surface area contributed by atoms with Crippen LogP contribution in [0.2, 0.25) is 0 Å². The lowest BCUT2D eigenvalue weighted by Crippen LogP contribution is -2.49. The first-order valence-electron chi connectivity index (χ1n) is 9.69. The molecule has 1 aliphatic carbocycles. The molecule has 1 aromatic carbocycles. The van der Waals surface area contributed by atoms with Gasteiger partial charge in [0.1, 0.15) is 0 Å². The van der Waals surface area contributed by atoms with E-state index in [4.69, 9.17) is 0 Å². The van der Waals surface area contributed by atoms with E-state index in [1.54, 1.807) is 12.3 Å². The van der Waals surface area contributed by atoms with Crippen LogP contribution in [0.15, 0.2) is 23.2 Å². The maximum absolute atomic E-state index is 12.9. The van der Waals surface area contributed by atoms with Crippen LogP contribution in [0, 0.1) is 5.92 Å². The molecule has 3 heterocycles. The van der Waals surface area contributed by atoms with E-state index in [2.05, 4.69) is 15.3 Å². The molecule has 13 heteroatoms. The van der Waals surface area contributed by atoms with E-state index in [0.29, 0.717) is 54.1 Å². The summed E-state index contributed by atoms with van der Waals surface area (Å²) in [6, 6.07) is 3.01. The van der Waals surface area contributed by atoms with Crippen molar-refractivity contribution in [1.29, 1.82) is 0 Å². The molecule has 3 aromatic rings. The number of nitrogens with zero attached hydrogens (tertiary/aromatic N) is 6. The predicted octanol–water partition coefficient (Wildman–Crippen LogP) is 2.11. The number of hydrogen-bond acceptors (Lipinski definition) is 8. The number of fused-ring (bicyclic) bond motifs is 1. The minimum absolute atomic E-state index is 0.0549. The fourth-order valence-electron chi connectivity index (χ4n) is 3.75. The van der Waals surface area contributed by atoms with Gasteiger partial charge >= 0.3 is 0 Å². The van der Waals surface area contributed by atoms with Gasteiger partial charge in [-0.2, -0.15) is 5.10 Å². The minimum atomic E-state index is -2.75. The SMILES string of the molecule is O=C(C1CC1)N1CCN(c2cc(S(=O)[O-])cc3c2cnn3-c2nnc(C(F)F)s2)CC1. The summed E-state index contributed by atoms with van der Waals surface area (Å²) in [4.78, 5) is 16.3. The van der Waals surface area contributed by atoms with Gasteiger partial charge in [0.05, 0.1) is 11.7 Å². The van der Waals surface area contributed by atoms with Crippen LogP contribution in [0.3, 0.4) is 0 Å². The second kappa shape index (κ2) is 7.88. The van der Waals surface area contributed by atoms with Crippen molar-refractivity contribution in [2.75, 3.05) is 31.1 Å². The van der Waals surface area contributed by atoms with E-state index < -0.39 is 22.5 Å². The molecule has 31 heavy (non-hydrogen) atoms. The topological polar surface area (TPSA) is 107 Å². The van der Waals surface area contributed by atoms with Crippen molar-refractivity contribution in [2.45, 2.75) is 24.2 Å². The van der Waals surface area contributed by atoms with E-state index in [1.807, 2.05) is 9.80 Å². The van der Waals surface area contributed by atoms with Gasteiger partial charge < -0.3 is 14.4 Å². The summed E-state index contributed by atoms with van der Waals surface area (Å²) >= 11 is -1.80. The molecule has 1 amide bonds. The van der Waals surface area contributed by atoms with Crippen molar-refractivity contribution in [3.05, 3.63) is 23.3 Å². The van der Waals surface area contributed by atoms with E-state index in [1.165, 1.54) is 10.7 Å². The molecular formula is C18H17F2N6O3S2-. The molecule has 1 saturated heterocycles. The summed E-state index contributed by atoms with van der Waals surface area (Å²) in [5, 5.41) is 11.9. The molecule has 2 aromatic heterocycles. The lowest BCUT2D eigenvalue weighted by molar-refractivity contribution is -0.132. The fourth-order valence-corrected chi connectivity index (χ4v) is 4.84. The largest absolute Gasteiger partial charge is 0.768 e. The summed E-state index contributed by atoms with van der Waals surface area (Å²) in [5.41, 5.74) is 1.10. The zero-order valence-electron chi connectivity index (χ0n) is 16.1. The normalized spacial score (nSPS) is 18.2. The number of carbonyl (C=O) groups excluding carboxylic acids is 1. The van der Waals surface area contributed by atoms with Crippen LogP contribution in [-0.4, -0.2) is 65.7 Å². The van der Waals surface area contributed by atoms with Crippen LogP contribution in [0.5, 0.6) is 0 Å². The molecule has 2 fully saturated rings. The third-order valence-electron chi connectivity index (χ3n) is 5.49. The van der Waals surface area contributed by atoms with Crippen LogP contribution in [0.4, 0.5) is 14.5 Å². The smallest absolute Gasteiger partial charge is 0.291 e. The highest BCUT2D eigenvalue weighted by atomic mass is 32.2. The van der Waals surface area contributed by atoms with Gasteiger partial charge in [-0.15, -0.1) is 10.2 Å². The molecule has 0 radical (unpaired) electrons. The summed E-state index contributed by atoms with van der Waals surface area (Å²) < 4.78 is 50.6.